The summed E-state index contributed by atoms with van der Waals surface area (Å²) in [6.45, 7) is 0. The molecule has 0 N–H and O–H groups in total. The van der Waals surface area contributed by atoms with Crippen LogP contribution in [0.25, 0.3) is 0 Å². The predicted molar refractivity (Wildman–Crippen MR) is 98.8 cm³/mol. The lowest BCUT2D eigenvalue weighted by Crippen LogP contribution is -2.22. The molecule has 2 aromatic carbocycles. The van der Waals surface area contributed by atoms with Crippen molar-refractivity contribution >= 4 is 73.5 Å². The van der Waals surface area contributed by atoms with Gasteiger partial charge < -0.3 is 0 Å². The van der Waals surface area contributed by atoms with Crippen LogP contribution in [0.4, 0.5) is 11.4 Å². The fraction of sp³-hybridized carbons (Fsp3) is 0.125. The van der Waals surface area contributed by atoms with Gasteiger partial charge in [-0.15, -0.1) is 0 Å². The van der Waals surface area contributed by atoms with E-state index in [4.69, 9.17) is 39.8 Å². The summed E-state index contributed by atoms with van der Waals surface area (Å²) in [4.78, 5) is 9.21. The standard InChI is InChI=1S/C16H10BrCl3N2/c17-11-7-5-10(6-8-11)14-9-15(16(18,19)20)22-13-4-2-1-3-12(13)21-14/h1-8H,9H2. The van der Waals surface area contributed by atoms with Crippen LogP contribution in [0.15, 0.2) is 63.0 Å². The number of nitrogens with zero attached hydrogens (tertiary/aromatic N) is 2. The Hall–Kier alpha value is -0.870. The molecule has 0 aromatic heterocycles. The first kappa shape index (κ1) is 16.0. The van der Waals surface area contributed by atoms with E-state index < -0.39 is 3.79 Å². The highest BCUT2D eigenvalue weighted by Crippen LogP contribution is 2.37. The lowest BCUT2D eigenvalue weighted by Gasteiger charge is -2.14. The maximum atomic E-state index is 6.07. The molecule has 2 nitrogen and oxygen atoms in total. The van der Waals surface area contributed by atoms with Crippen LogP contribution >= 0.6 is 50.7 Å². The largest absolute Gasteiger partial charge is 0.251 e. The summed E-state index contributed by atoms with van der Waals surface area (Å²) in [5.74, 6) is 0. The van der Waals surface area contributed by atoms with E-state index in [1.54, 1.807) is 0 Å². The fourth-order valence-electron chi connectivity index (χ4n) is 2.15. The van der Waals surface area contributed by atoms with Gasteiger partial charge >= 0.3 is 0 Å². The van der Waals surface area contributed by atoms with Crippen molar-refractivity contribution in [2.75, 3.05) is 0 Å². The fourth-order valence-corrected chi connectivity index (χ4v) is 2.75. The predicted octanol–water partition coefficient (Wildman–Crippen LogP) is 6.42. The van der Waals surface area contributed by atoms with Crippen LogP contribution in [0.2, 0.25) is 0 Å². The molecule has 112 valence electrons. The third-order valence-corrected chi connectivity index (χ3v) is 4.42. The zero-order valence-corrected chi connectivity index (χ0v) is 15.1. The first-order chi connectivity index (χ1) is 10.4. The molecule has 0 radical (unpaired) electrons. The summed E-state index contributed by atoms with van der Waals surface area (Å²) in [5.41, 5.74) is 3.73. The molecule has 0 aliphatic carbocycles. The summed E-state index contributed by atoms with van der Waals surface area (Å²) < 4.78 is -0.561. The second kappa shape index (κ2) is 6.32. The van der Waals surface area contributed by atoms with Gasteiger partial charge in [0.05, 0.1) is 22.8 Å². The summed E-state index contributed by atoms with van der Waals surface area (Å²) in [7, 11) is 0. The Bertz CT molecular complexity index is 762. The topological polar surface area (TPSA) is 24.7 Å². The third-order valence-electron chi connectivity index (χ3n) is 3.23. The highest BCUT2D eigenvalue weighted by atomic mass is 79.9. The number of para-hydroxylation sites is 2. The second-order valence-corrected chi connectivity index (χ2v) is 7.98. The first-order valence-electron chi connectivity index (χ1n) is 6.51. The minimum Gasteiger partial charge on any atom is -0.251 e. The molecule has 0 unspecified atom stereocenters. The van der Waals surface area contributed by atoms with Crippen molar-refractivity contribution in [2.45, 2.75) is 10.2 Å². The van der Waals surface area contributed by atoms with Crippen molar-refractivity contribution in [3.05, 3.63) is 58.6 Å². The number of alkyl halides is 3. The van der Waals surface area contributed by atoms with Gasteiger partial charge in [-0.1, -0.05) is 75.0 Å². The van der Waals surface area contributed by atoms with Crippen LogP contribution in [0.3, 0.4) is 0 Å². The minimum absolute atomic E-state index is 0.382. The average molecular weight is 417 g/mol. The summed E-state index contributed by atoms with van der Waals surface area (Å²) >= 11 is 21.6. The molecule has 6 heteroatoms. The molecule has 0 atom stereocenters. The van der Waals surface area contributed by atoms with Gasteiger partial charge in [-0.25, -0.2) is 0 Å². The van der Waals surface area contributed by atoms with Gasteiger partial charge in [0.15, 0.2) is 0 Å². The van der Waals surface area contributed by atoms with Crippen LogP contribution < -0.4 is 0 Å². The van der Waals surface area contributed by atoms with Gasteiger partial charge in [0, 0.05) is 10.9 Å². The Labute approximate surface area is 152 Å². The van der Waals surface area contributed by atoms with E-state index in [2.05, 4.69) is 20.9 Å². The van der Waals surface area contributed by atoms with Gasteiger partial charge in [-0.3, -0.25) is 9.98 Å². The zero-order valence-electron chi connectivity index (χ0n) is 11.2. The quantitative estimate of drug-likeness (QED) is 0.480. The Balaban J connectivity index is 2.14. The number of aliphatic imine (C=N–C) groups is 2. The molecule has 3 rings (SSSR count). The van der Waals surface area contributed by atoms with E-state index in [1.807, 2.05) is 48.5 Å². The normalized spacial score (nSPS) is 14.7. The number of halogens is 4. The molecular weight excluding hydrogens is 406 g/mol. The van der Waals surface area contributed by atoms with E-state index in [1.165, 1.54) is 0 Å². The van der Waals surface area contributed by atoms with Crippen molar-refractivity contribution in [2.24, 2.45) is 9.98 Å². The number of rotatable bonds is 1. The van der Waals surface area contributed by atoms with Crippen LogP contribution in [0.5, 0.6) is 0 Å². The molecule has 22 heavy (non-hydrogen) atoms. The molecule has 1 aliphatic rings. The highest BCUT2D eigenvalue weighted by molar-refractivity contribution is 9.10. The maximum Gasteiger partial charge on any atom is 0.229 e. The highest BCUT2D eigenvalue weighted by Gasteiger charge is 2.30. The number of benzene rings is 2. The van der Waals surface area contributed by atoms with Crippen molar-refractivity contribution in [1.82, 2.24) is 0 Å². The lowest BCUT2D eigenvalue weighted by molar-refractivity contribution is 1.37. The van der Waals surface area contributed by atoms with Gasteiger partial charge in [0.1, 0.15) is 0 Å². The molecule has 0 amide bonds. The van der Waals surface area contributed by atoms with Crippen LogP contribution in [-0.2, 0) is 0 Å². The minimum atomic E-state index is -1.56. The van der Waals surface area contributed by atoms with Gasteiger partial charge in [0.2, 0.25) is 3.79 Å². The monoisotopic (exact) mass is 414 g/mol. The second-order valence-electron chi connectivity index (χ2n) is 4.79. The zero-order chi connectivity index (χ0) is 15.7. The van der Waals surface area contributed by atoms with E-state index in [-0.39, 0.29) is 0 Å². The molecule has 0 fully saturated rings. The van der Waals surface area contributed by atoms with E-state index in [0.29, 0.717) is 17.8 Å². The Morgan fingerprint density at radius 3 is 2.05 bits per heavy atom. The van der Waals surface area contributed by atoms with Gasteiger partial charge in [-0.2, -0.15) is 0 Å². The van der Waals surface area contributed by atoms with E-state index in [0.717, 1.165) is 21.4 Å². The van der Waals surface area contributed by atoms with Crippen molar-refractivity contribution in [1.29, 1.82) is 0 Å². The Morgan fingerprint density at radius 2 is 1.45 bits per heavy atom. The Kier molecular flexibility index (Phi) is 4.60. The van der Waals surface area contributed by atoms with Crippen molar-refractivity contribution in [3.63, 3.8) is 0 Å². The SMILES string of the molecule is ClC(Cl)(Cl)C1=Nc2ccccc2N=C(c2ccc(Br)cc2)C1. The molecule has 0 saturated carbocycles. The maximum absolute atomic E-state index is 6.07. The van der Waals surface area contributed by atoms with Crippen LogP contribution in [0, 0.1) is 0 Å². The molecule has 0 spiro atoms. The summed E-state index contributed by atoms with van der Waals surface area (Å²) in [5, 5.41) is 0. The van der Waals surface area contributed by atoms with Crippen LogP contribution in [-0.4, -0.2) is 15.2 Å². The molecule has 0 bridgehead atoms. The first-order valence-corrected chi connectivity index (χ1v) is 8.43. The van der Waals surface area contributed by atoms with Crippen molar-refractivity contribution in [3.8, 4) is 0 Å². The number of hydrogen-bond acceptors (Lipinski definition) is 2. The van der Waals surface area contributed by atoms with Gasteiger partial charge in [0.25, 0.3) is 0 Å². The molecule has 1 aliphatic heterocycles. The van der Waals surface area contributed by atoms with E-state index >= 15 is 0 Å². The number of fused-ring (bicyclic) bond motifs is 1. The summed E-state index contributed by atoms with van der Waals surface area (Å²) in [6.07, 6.45) is 0.382. The average Bonchev–Trinajstić information content (AvgIpc) is 2.67. The van der Waals surface area contributed by atoms with Crippen molar-refractivity contribution < 1.29 is 0 Å². The molecular formula is C16H10BrCl3N2. The van der Waals surface area contributed by atoms with Gasteiger partial charge in [-0.05, 0) is 29.8 Å². The smallest absolute Gasteiger partial charge is 0.229 e. The lowest BCUT2D eigenvalue weighted by atomic mass is 10.1. The molecule has 2 aromatic rings. The third kappa shape index (κ3) is 3.54. The Morgan fingerprint density at radius 1 is 0.864 bits per heavy atom. The molecule has 0 saturated heterocycles. The summed E-state index contributed by atoms with van der Waals surface area (Å²) in [6, 6.07) is 15.4. The molecule has 1 heterocycles. The van der Waals surface area contributed by atoms with E-state index in [9.17, 15) is 0 Å². The number of hydrogen-bond donors (Lipinski definition) is 0. The van der Waals surface area contributed by atoms with Crippen LogP contribution in [0.1, 0.15) is 12.0 Å².